The summed E-state index contributed by atoms with van der Waals surface area (Å²) in [7, 11) is 0. The summed E-state index contributed by atoms with van der Waals surface area (Å²) in [5, 5.41) is 14.9. The Kier molecular flexibility index (Phi) is 12.8. The average molecular weight is 903 g/mol. The molecule has 3 saturated heterocycles. The number of aromatic nitrogens is 4. The molecule has 340 valence electrons. The number of piperidine rings is 1. The lowest BCUT2D eigenvalue weighted by atomic mass is 10.0. The first kappa shape index (κ1) is 43.7. The average Bonchev–Trinajstić information content (AvgIpc) is 3.64. The molecule has 18 nitrogen and oxygen atoms in total. The number of pyridine rings is 1. The summed E-state index contributed by atoms with van der Waals surface area (Å²) < 4.78 is 46.4. The number of nitrogens with one attached hydrogen (secondary N) is 4. The molecule has 66 heavy (non-hydrogen) atoms. The number of benzene rings is 2. The number of nitrogens with zero attached hydrogens (tertiary/aromatic N) is 6. The van der Waals surface area contributed by atoms with Gasteiger partial charge in [0.05, 0.1) is 43.4 Å². The van der Waals surface area contributed by atoms with Crippen molar-refractivity contribution in [2.75, 3.05) is 56.5 Å². The summed E-state index contributed by atoms with van der Waals surface area (Å²) in [6.07, 6.45) is 2.39. The standard InChI is InChI=1S/C46H44F2N10O8/c47-41(48)40-34(52-43(61)35-26-65-45(53-35)31-15-16-49-38(20-31)50-21-28-3-4-28)24-58(55-40)32-11-9-30(10-12-32)42(60)51-22-33-23-56(18-19-64-33)17-1-2-27-5-7-29(8-6-27)37-25-57(46(63)66-37)36-13-14-39(59)54-44(36)62/h5-12,15-16,20,24,26,28,33,36-37,41H,3-4,13-14,17-19,21-23,25H2,(H,49,50)(H,51,60)(H,52,61)(H,54,59,62)/t33-,36?,37+/m0/s1. The smallest absolute Gasteiger partial charge is 0.411 e. The number of carbonyl (C=O) groups is 5. The molecule has 0 bridgehead atoms. The van der Waals surface area contributed by atoms with Gasteiger partial charge in [-0.15, -0.1) is 0 Å². The zero-order chi connectivity index (χ0) is 45.7. The van der Waals surface area contributed by atoms with E-state index in [0.29, 0.717) is 54.8 Å². The number of hydrogen-bond donors (Lipinski definition) is 4. The lowest BCUT2D eigenvalue weighted by molar-refractivity contribution is -0.136. The Hall–Kier alpha value is -7.50. The molecule has 5 aromatic rings. The zero-order valence-electron chi connectivity index (χ0n) is 35.4. The molecule has 2 aromatic carbocycles. The van der Waals surface area contributed by atoms with E-state index in [9.17, 15) is 32.8 Å². The van der Waals surface area contributed by atoms with E-state index < -0.39 is 42.2 Å². The van der Waals surface area contributed by atoms with Crippen LogP contribution in [0.25, 0.3) is 17.1 Å². The van der Waals surface area contributed by atoms with Gasteiger partial charge >= 0.3 is 6.09 Å². The topological polar surface area (TPSA) is 215 Å². The van der Waals surface area contributed by atoms with Crippen LogP contribution in [0.15, 0.2) is 83.7 Å². The Morgan fingerprint density at radius 3 is 2.56 bits per heavy atom. The molecule has 6 heterocycles. The predicted octanol–water partition coefficient (Wildman–Crippen LogP) is 4.71. The van der Waals surface area contributed by atoms with Crippen LogP contribution in [-0.4, -0.2) is 117 Å². The van der Waals surface area contributed by atoms with E-state index in [2.05, 4.69) is 53.1 Å². The highest BCUT2D eigenvalue weighted by molar-refractivity contribution is 6.03. The number of hydrogen-bond acceptors (Lipinski definition) is 13. The second kappa shape index (κ2) is 19.3. The van der Waals surface area contributed by atoms with Gasteiger partial charge in [0, 0.05) is 55.5 Å². The van der Waals surface area contributed by atoms with E-state index in [1.807, 2.05) is 24.3 Å². The second-order valence-electron chi connectivity index (χ2n) is 16.3. The van der Waals surface area contributed by atoms with Crippen LogP contribution in [0.4, 0.5) is 25.1 Å². The quantitative estimate of drug-likeness (QED) is 0.0879. The Morgan fingerprint density at radius 1 is 0.970 bits per heavy atom. The van der Waals surface area contributed by atoms with Crippen LogP contribution in [0.2, 0.25) is 0 Å². The van der Waals surface area contributed by atoms with Gasteiger partial charge in [-0.3, -0.25) is 34.3 Å². The van der Waals surface area contributed by atoms with Gasteiger partial charge in [0.2, 0.25) is 17.7 Å². The number of anilines is 2. The number of morpholine rings is 1. The molecule has 4 aliphatic rings. The summed E-state index contributed by atoms with van der Waals surface area (Å²) in [4.78, 5) is 74.6. The van der Waals surface area contributed by atoms with Gasteiger partial charge < -0.3 is 29.8 Å². The van der Waals surface area contributed by atoms with Crippen molar-refractivity contribution in [2.45, 2.75) is 50.4 Å². The summed E-state index contributed by atoms with van der Waals surface area (Å²) in [6.45, 7) is 3.38. The number of ether oxygens (including phenoxy) is 2. The van der Waals surface area contributed by atoms with Crippen LogP contribution in [-0.2, 0) is 19.1 Å². The van der Waals surface area contributed by atoms with Gasteiger partial charge in [0.25, 0.3) is 18.2 Å². The summed E-state index contributed by atoms with van der Waals surface area (Å²) >= 11 is 0. The maximum absolute atomic E-state index is 14.1. The van der Waals surface area contributed by atoms with Crippen molar-refractivity contribution in [3.05, 3.63) is 107 Å². The monoisotopic (exact) mass is 902 g/mol. The molecular weight excluding hydrogens is 859 g/mol. The third-order valence-corrected chi connectivity index (χ3v) is 11.6. The Morgan fingerprint density at radius 2 is 1.79 bits per heavy atom. The van der Waals surface area contributed by atoms with Crippen molar-refractivity contribution >= 4 is 41.2 Å². The zero-order valence-corrected chi connectivity index (χ0v) is 35.4. The van der Waals surface area contributed by atoms with E-state index in [4.69, 9.17) is 13.9 Å². The number of imide groups is 1. The highest BCUT2D eigenvalue weighted by atomic mass is 19.3. The number of oxazole rings is 1. The van der Waals surface area contributed by atoms with Gasteiger partial charge in [0.1, 0.15) is 24.2 Å². The van der Waals surface area contributed by atoms with Crippen molar-refractivity contribution in [3.63, 3.8) is 0 Å². The predicted molar refractivity (Wildman–Crippen MR) is 231 cm³/mol. The van der Waals surface area contributed by atoms with Gasteiger partial charge in [0.15, 0.2) is 11.4 Å². The maximum atomic E-state index is 14.1. The van der Waals surface area contributed by atoms with E-state index in [-0.39, 0.29) is 61.1 Å². The van der Waals surface area contributed by atoms with Crippen LogP contribution in [0, 0.1) is 17.8 Å². The number of carbonyl (C=O) groups excluding carboxylic acids is 5. The highest BCUT2D eigenvalue weighted by Crippen LogP contribution is 2.32. The summed E-state index contributed by atoms with van der Waals surface area (Å²) in [5.41, 5.74) is 1.87. The number of halogens is 2. The minimum atomic E-state index is -3.00. The van der Waals surface area contributed by atoms with Gasteiger partial charge in [-0.25, -0.2) is 28.2 Å². The molecule has 0 spiro atoms. The minimum Gasteiger partial charge on any atom is -0.444 e. The first-order chi connectivity index (χ1) is 32.0. The molecule has 20 heteroatoms. The number of alkyl halides is 2. The van der Waals surface area contributed by atoms with Crippen molar-refractivity contribution < 1.29 is 46.6 Å². The SMILES string of the molecule is O=C1CCC(N2C[C@H](c3ccc(C#CCN4CCO[C@@H](CNC(=O)c5ccc(-n6cc(NC(=O)c7coc(-c8ccnc(NCC9CC9)c8)n7)c(C(F)F)n6)cc5)C4)cc3)OC2=O)C(=O)N1. The largest absolute Gasteiger partial charge is 0.444 e. The molecule has 1 aliphatic carbocycles. The van der Waals surface area contributed by atoms with Crippen molar-refractivity contribution in [1.29, 1.82) is 0 Å². The van der Waals surface area contributed by atoms with Gasteiger partial charge in [-0.2, -0.15) is 5.10 Å². The van der Waals surface area contributed by atoms with Crippen molar-refractivity contribution in [1.82, 2.24) is 40.2 Å². The summed E-state index contributed by atoms with van der Waals surface area (Å²) in [6, 6.07) is 16.3. The Bertz CT molecular complexity index is 2690. The van der Waals surface area contributed by atoms with Crippen LogP contribution in [0.1, 0.15) is 75.9 Å². The fourth-order valence-corrected chi connectivity index (χ4v) is 7.75. The molecular formula is C46H44F2N10O8. The molecule has 3 atom stereocenters. The molecule has 3 aromatic heterocycles. The van der Waals surface area contributed by atoms with Gasteiger partial charge in [-0.1, -0.05) is 24.0 Å². The molecule has 4 fully saturated rings. The van der Waals surface area contributed by atoms with Crippen LogP contribution in [0.3, 0.4) is 0 Å². The molecule has 5 amide bonds. The van der Waals surface area contributed by atoms with Crippen LogP contribution < -0.4 is 21.3 Å². The van der Waals surface area contributed by atoms with Crippen LogP contribution in [0.5, 0.6) is 0 Å². The number of rotatable bonds is 14. The molecule has 1 unspecified atom stereocenters. The molecule has 0 radical (unpaired) electrons. The van der Waals surface area contributed by atoms with Crippen molar-refractivity contribution in [3.8, 4) is 29.0 Å². The van der Waals surface area contributed by atoms with E-state index in [1.54, 1.807) is 42.6 Å². The third kappa shape index (κ3) is 10.4. The summed E-state index contributed by atoms with van der Waals surface area (Å²) in [5.74, 6) is 5.84. The van der Waals surface area contributed by atoms with E-state index >= 15 is 0 Å². The molecule has 1 saturated carbocycles. The Labute approximate surface area is 376 Å². The lowest BCUT2D eigenvalue weighted by Crippen LogP contribution is -2.52. The van der Waals surface area contributed by atoms with Gasteiger partial charge in [-0.05, 0) is 79.3 Å². The fourth-order valence-electron chi connectivity index (χ4n) is 7.75. The van der Waals surface area contributed by atoms with E-state index in [1.165, 1.54) is 28.6 Å². The second-order valence-corrected chi connectivity index (χ2v) is 16.3. The normalized spacial score (nSPS) is 19.8. The third-order valence-electron chi connectivity index (χ3n) is 11.6. The fraction of sp³-hybridized carbons (Fsp3) is 0.348. The molecule has 3 aliphatic heterocycles. The van der Waals surface area contributed by atoms with Crippen LogP contribution >= 0.6 is 0 Å². The first-order valence-electron chi connectivity index (χ1n) is 21.5. The number of amides is 5. The number of cyclic esters (lactones) is 1. The van der Waals surface area contributed by atoms with Crippen molar-refractivity contribution in [2.24, 2.45) is 5.92 Å². The first-order valence-corrected chi connectivity index (χ1v) is 21.5. The van der Waals surface area contributed by atoms with E-state index in [0.717, 1.165) is 23.9 Å². The highest BCUT2D eigenvalue weighted by Gasteiger charge is 2.42. The molecule has 9 rings (SSSR count). The lowest BCUT2D eigenvalue weighted by Gasteiger charge is -2.31. The molecule has 4 N–H and O–H groups in total. The maximum Gasteiger partial charge on any atom is 0.411 e. The Balaban J connectivity index is 0.738. The minimum absolute atomic E-state index is 0.113.